The zero-order valence-electron chi connectivity index (χ0n) is 17.0. The highest BCUT2D eigenvalue weighted by Crippen LogP contribution is 2.25. The second-order valence-corrected chi connectivity index (χ2v) is 9.93. The van der Waals surface area contributed by atoms with Crippen molar-refractivity contribution in [1.29, 1.82) is 0 Å². The van der Waals surface area contributed by atoms with E-state index in [0.29, 0.717) is 25.2 Å². The Morgan fingerprint density at radius 1 is 1.10 bits per heavy atom. The summed E-state index contributed by atoms with van der Waals surface area (Å²) in [6.45, 7) is 0.944. The molecule has 0 radical (unpaired) electrons. The van der Waals surface area contributed by atoms with Gasteiger partial charge in [-0.05, 0) is 41.8 Å². The van der Waals surface area contributed by atoms with Crippen molar-refractivity contribution in [3.63, 3.8) is 0 Å². The van der Waals surface area contributed by atoms with Gasteiger partial charge in [0.1, 0.15) is 5.82 Å². The van der Waals surface area contributed by atoms with Gasteiger partial charge in [-0.3, -0.25) is 9.59 Å². The quantitative estimate of drug-likeness (QED) is 0.733. The first-order valence-corrected chi connectivity index (χ1v) is 11.8. The number of rotatable bonds is 6. The van der Waals surface area contributed by atoms with Gasteiger partial charge in [0, 0.05) is 38.3 Å². The molecular formula is C22H24FN3O4S. The smallest absolute Gasteiger partial charge is 0.227 e. The number of carbonyl (C=O) groups excluding carboxylic acids is 2. The maximum atomic E-state index is 13.1. The number of halogens is 1. The number of benzene rings is 2. The van der Waals surface area contributed by atoms with Gasteiger partial charge in [-0.2, -0.15) is 4.31 Å². The van der Waals surface area contributed by atoms with Crippen molar-refractivity contribution in [3.05, 3.63) is 65.5 Å². The maximum absolute atomic E-state index is 13.1. The molecule has 31 heavy (non-hydrogen) atoms. The van der Waals surface area contributed by atoms with Crippen molar-refractivity contribution in [2.75, 3.05) is 30.3 Å². The van der Waals surface area contributed by atoms with Gasteiger partial charge in [0.2, 0.25) is 21.8 Å². The summed E-state index contributed by atoms with van der Waals surface area (Å²) in [5.41, 5.74) is 2.71. The molecule has 4 rings (SSSR count). The lowest BCUT2D eigenvalue weighted by molar-refractivity contribution is -0.126. The Hall–Kier alpha value is -2.78. The minimum atomic E-state index is -3.51. The Morgan fingerprint density at radius 2 is 1.81 bits per heavy atom. The molecule has 0 aromatic heterocycles. The second kappa shape index (κ2) is 8.76. The Morgan fingerprint density at radius 3 is 2.55 bits per heavy atom. The normalized spacial score (nSPS) is 19.3. The van der Waals surface area contributed by atoms with Crippen molar-refractivity contribution < 1.29 is 22.4 Å². The van der Waals surface area contributed by atoms with E-state index < -0.39 is 21.8 Å². The lowest BCUT2D eigenvalue weighted by Crippen LogP contribution is -2.41. The van der Waals surface area contributed by atoms with Crippen molar-refractivity contribution in [2.24, 2.45) is 5.92 Å². The molecule has 1 fully saturated rings. The minimum absolute atomic E-state index is 0.0133. The monoisotopic (exact) mass is 445 g/mol. The van der Waals surface area contributed by atoms with E-state index in [9.17, 15) is 22.4 Å². The average Bonchev–Trinajstić information content (AvgIpc) is 3.15. The van der Waals surface area contributed by atoms with Crippen molar-refractivity contribution in [1.82, 2.24) is 9.62 Å². The Balaban J connectivity index is 1.29. The molecule has 2 aromatic rings. The van der Waals surface area contributed by atoms with Crippen LogP contribution in [-0.4, -0.2) is 49.9 Å². The summed E-state index contributed by atoms with van der Waals surface area (Å²) in [5, 5.41) is 2.66. The number of hydrogen-bond acceptors (Lipinski definition) is 4. The first-order chi connectivity index (χ1) is 14.8. The third kappa shape index (κ3) is 4.77. The summed E-state index contributed by atoms with van der Waals surface area (Å²) in [4.78, 5) is 26.2. The van der Waals surface area contributed by atoms with Crippen LogP contribution >= 0.6 is 0 Å². The number of nitrogens with one attached hydrogen (secondary N) is 1. The molecule has 2 aromatic carbocycles. The van der Waals surface area contributed by atoms with Crippen molar-refractivity contribution in [2.45, 2.75) is 19.4 Å². The molecule has 1 atom stereocenters. The Bertz CT molecular complexity index is 1090. The molecule has 0 saturated carbocycles. The molecule has 1 unspecified atom stereocenters. The molecule has 0 aliphatic carbocycles. The standard InChI is InChI=1S/C22H24FN3O4S/c23-19-5-7-20(8-6-19)26-15-18(13-21(26)27)22(28)24-10-12-31(29,30)25-11-9-16-3-1-2-4-17(16)14-25/h1-8,18H,9-15H2,(H,24,28). The fourth-order valence-electron chi connectivity index (χ4n) is 4.04. The van der Waals surface area contributed by atoms with Crippen molar-refractivity contribution in [3.8, 4) is 0 Å². The molecule has 7 nitrogen and oxygen atoms in total. The van der Waals surface area contributed by atoms with Gasteiger partial charge in [0.15, 0.2) is 0 Å². The van der Waals surface area contributed by atoms with E-state index in [1.54, 1.807) is 0 Å². The van der Waals surface area contributed by atoms with Crippen LogP contribution in [0.15, 0.2) is 48.5 Å². The van der Waals surface area contributed by atoms with E-state index in [0.717, 1.165) is 5.56 Å². The highest BCUT2D eigenvalue weighted by molar-refractivity contribution is 7.89. The zero-order chi connectivity index (χ0) is 22.0. The molecule has 9 heteroatoms. The van der Waals surface area contributed by atoms with Crippen LogP contribution in [-0.2, 0) is 32.6 Å². The largest absolute Gasteiger partial charge is 0.355 e. The summed E-state index contributed by atoms with van der Waals surface area (Å²) in [6.07, 6.45) is 0.712. The molecule has 1 N–H and O–H groups in total. The Kier molecular flexibility index (Phi) is 6.06. The van der Waals surface area contributed by atoms with Crippen molar-refractivity contribution >= 4 is 27.5 Å². The highest BCUT2D eigenvalue weighted by Gasteiger charge is 2.35. The summed E-state index contributed by atoms with van der Waals surface area (Å²) in [7, 11) is -3.51. The van der Waals surface area contributed by atoms with E-state index in [-0.39, 0.29) is 37.1 Å². The number of amides is 2. The number of nitrogens with zero attached hydrogens (tertiary/aromatic N) is 2. The molecule has 2 aliphatic rings. The van der Waals surface area contributed by atoms with E-state index in [1.807, 2.05) is 24.3 Å². The van der Waals surface area contributed by atoms with E-state index >= 15 is 0 Å². The van der Waals surface area contributed by atoms with Gasteiger partial charge in [-0.1, -0.05) is 24.3 Å². The SMILES string of the molecule is O=C(NCCS(=O)(=O)N1CCc2ccccc2C1)C1CC(=O)N(c2ccc(F)cc2)C1. The molecule has 0 spiro atoms. The van der Waals surface area contributed by atoms with Crippen LogP contribution < -0.4 is 10.2 Å². The van der Waals surface area contributed by atoms with Crippen LogP contribution in [0.2, 0.25) is 0 Å². The predicted molar refractivity (Wildman–Crippen MR) is 114 cm³/mol. The molecule has 1 saturated heterocycles. The molecule has 2 aliphatic heterocycles. The van der Waals surface area contributed by atoms with Gasteiger partial charge in [0.25, 0.3) is 0 Å². The number of carbonyl (C=O) groups is 2. The summed E-state index contributed by atoms with van der Waals surface area (Å²) in [5.74, 6) is -1.72. The fraction of sp³-hybridized carbons (Fsp3) is 0.364. The molecule has 164 valence electrons. The topological polar surface area (TPSA) is 86.8 Å². The lowest BCUT2D eigenvalue weighted by atomic mass is 10.0. The fourth-order valence-corrected chi connectivity index (χ4v) is 5.36. The summed E-state index contributed by atoms with van der Waals surface area (Å²) >= 11 is 0. The second-order valence-electron chi connectivity index (χ2n) is 7.84. The predicted octanol–water partition coefficient (Wildman–Crippen LogP) is 1.68. The van der Waals surface area contributed by atoms with E-state index in [1.165, 1.54) is 39.0 Å². The van der Waals surface area contributed by atoms with Crippen LogP contribution in [0.5, 0.6) is 0 Å². The van der Waals surface area contributed by atoms with Gasteiger partial charge < -0.3 is 10.2 Å². The first-order valence-electron chi connectivity index (χ1n) is 10.2. The third-order valence-corrected chi connectivity index (χ3v) is 7.60. The number of fused-ring (bicyclic) bond motifs is 1. The minimum Gasteiger partial charge on any atom is -0.355 e. The van der Waals surface area contributed by atoms with Crippen LogP contribution in [0.3, 0.4) is 0 Å². The summed E-state index contributed by atoms with van der Waals surface area (Å²) in [6, 6.07) is 13.3. The molecule has 0 bridgehead atoms. The Labute approximate surface area is 180 Å². The van der Waals surface area contributed by atoms with Gasteiger partial charge >= 0.3 is 0 Å². The van der Waals surface area contributed by atoms with E-state index in [4.69, 9.17) is 0 Å². The number of sulfonamides is 1. The lowest BCUT2D eigenvalue weighted by Gasteiger charge is -2.28. The van der Waals surface area contributed by atoms with Crippen LogP contribution in [0.25, 0.3) is 0 Å². The van der Waals surface area contributed by atoms with Crippen LogP contribution in [0, 0.1) is 11.7 Å². The van der Waals surface area contributed by atoms with E-state index in [2.05, 4.69) is 5.32 Å². The zero-order valence-corrected chi connectivity index (χ0v) is 17.8. The molecule has 2 heterocycles. The van der Waals surface area contributed by atoms with Crippen LogP contribution in [0.4, 0.5) is 10.1 Å². The highest BCUT2D eigenvalue weighted by atomic mass is 32.2. The van der Waals surface area contributed by atoms with Gasteiger partial charge in [0.05, 0.1) is 11.7 Å². The third-order valence-electron chi connectivity index (χ3n) is 5.78. The van der Waals surface area contributed by atoms with Gasteiger partial charge in [-0.15, -0.1) is 0 Å². The maximum Gasteiger partial charge on any atom is 0.227 e. The number of hydrogen-bond donors (Lipinski definition) is 1. The average molecular weight is 446 g/mol. The summed E-state index contributed by atoms with van der Waals surface area (Å²) < 4.78 is 39.9. The van der Waals surface area contributed by atoms with Crippen LogP contribution in [0.1, 0.15) is 17.5 Å². The first kappa shape index (κ1) is 21.5. The van der Waals surface area contributed by atoms with Gasteiger partial charge in [-0.25, -0.2) is 12.8 Å². The number of anilines is 1. The molecular weight excluding hydrogens is 421 g/mol. The molecule has 2 amide bonds.